The number of benzene rings is 3. The first kappa shape index (κ1) is 25.0. The largest absolute Gasteiger partial charge is 0.416 e. The van der Waals surface area contributed by atoms with E-state index >= 15 is 0 Å². The number of hydrazone groups is 1. The molecule has 1 fully saturated rings. The summed E-state index contributed by atoms with van der Waals surface area (Å²) in [6.45, 7) is 2.51. The first-order valence-corrected chi connectivity index (χ1v) is 13.2. The lowest BCUT2D eigenvalue weighted by Crippen LogP contribution is -2.62. The Labute approximate surface area is 224 Å². The minimum absolute atomic E-state index is 0.184. The van der Waals surface area contributed by atoms with Crippen LogP contribution in [0.1, 0.15) is 36.5 Å². The molecule has 3 aromatic rings. The molecule has 3 heterocycles. The van der Waals surface area contributed by atoms with E-state index in [0.717, 1.165) is 31.0 Å². The Bertz CT molecular complexity index is 1410. The monoisotopic (exact) mass is 537 g/mol. The van der Waals surface area contributed by atoms with Gasteiger partial charge in [-0.1, -0.05) is 41.9 Å². The minimum Gasteiger partial charge on any atom is -0.367 e. The van der Waals surface area contributed by atoms with Gasteiger partial charge in [-0.05, 0) is 92.1 Å². The van der Waals surface area contributed by atoms with Gasteiger partial charge in [0.2, 0.25) is 0 Å². The van der Waals surface area contributed by atoms with Gasteiger partial charge in [0.15, 0.2) is 0 Å². The highest BCUT2D eigenvalue weighted by Crippen LogP contribution is 2.51. The van der Waals surface area contributed by atoms with Gasteiger partial charge in [0, 0.05) is 23.3 Å². The fourth-order valence-corrected chi connectivity index (χ4v) is 6.63. The zero-order chi connectivity index (χ0) is 26.7. The number of fused-ring (bicyclic) bond motifs is 4. The van der Waals surface area contributed by atoms with E-state index < -0.39 is 17.2 Å². The zero-order valence-electron chi connectivity index (χ0n) is 20.9. The third-order valence-electron chi connectivity index (χ3n) is 8.37. The summed E-state index contributed by atoms with van der Waals surface area (Å²) in [6, 6.07) is 20.9. The van der Waals surface area contributed by atoms with Crippen LogP contribution in [-0.2, 0) is 23.8 Å². The highest BCUT2D eigenvalue weighted by atomic mass is 35.5. The Balaban J connectivity index is 1.43. The van der Waals surface area contributed by atoms with E-state index in [4.69, 9.17) is 16.7 Å². The Morgan fingerprint density at radius 3 is 2.50 bits per heavy atom. The Morgan fingerprint density at radius 1 is 1.05 bits per heavy atom. The number of carbonyl (C=O) groups excluding carboxylic acids is 1. The van der Waals surface area contributed by atoms with E-state index in [-0.39, 0.29) is 18.4 Å². The molecule has 1 spiro atoms. The third-order valence-corrected chi connectivity index (χ3v) is 8.63. The van der Waals surface area contributed by atoms with Gasteiger partial charge in [0.1, 0.15) is 5.41 Å². The molecule has 1 amide bonds. The summed E-state index contributed by atoms with van der Waals surface area (Å²) in [4.78, 5) is 16.5. The van der Waals surface area contributed by atoms with Crippen molar-refractivity contribution in [3.63, 3.8) is 0 Å². The van der Waals surface area contributed by atoms with Gasteiger partial charge >= 0.3 is 6.18 Å². The second kappa shape index (κ2) is 9.16. The van der Waals surface area contributed by atoms with Crippen molar-refractivity contribution in [3.05, 3.63) is 94.5 Å². The number of carbonyl (C=O) groups is 1. The molecule has 3 aromatic carbocycles. The number of hydrogen-bond acceptors (Lipinski definition) is 3. The maximum absolute atomic E-state index is 14.3. The molecule has 3 atom stereocenters. The van der Waals surface area contributed by atoms with E-state index in [1.165, 1.54) is 16.6 Å². The molecule has 6 rings (SSSR count). The summed E-state index contributed by atoms with van der Waals surface area (Å²) >= 11 is 6.07. The van der Waals surface area contributed by atoms with Crippen LogP contribution in [0.3, 0.4) is 0 Å². The van der Waals surface area contributed by atoms with Crippen LogP contribution in [0, 0.1) is 11.3 Å². The van der Waals surface area contributed by atoms with Crippen LogP contribution in [-0.4, -0.2) is 24.2 Å². The van der Waals surface area contributed by atoms with Crippen LogP contribution in [0.4, 0.5) is 24.5 Å². The third kappa shape index (κ3) is 4.08. The number of nitrogens with zero attached hydrogens (tertiary/aromatic N) is 3. The van der Waals surface area contributed by atoms with Crippen molar-refractivity contribution < 1.29 is 18.0 Å². The van der Waals surface area contributed by atoms with Crippen LogP contribution in [0.25, 0.3) is 0 Å². The molecular formula is C30H27ClF3N3O. The molecule has 0 radical (unpaired) electrons. The molecule has 0 bridgehead atoms. The molecule has 8 heteroatoms. The molecule has 0 aromatic heterocycles. The van der Waals surface area contributed by atoms with Crippen molar-refractivity contribution in [2.45, 2.75) is 44.8 Å². The number of anilines is 2. The maximum Gasteiger partial charge on any atom is 0.416 e. The molecule has 3 aliphatic rings. The fourth-order valence-electron chi connectivity index (χ4n) is 6.50. The summed E-state index contributed by atoms with van der Waals surface area (Å²) < 4.78 is 41.0. The summed E-state index contributed by atoms with van der Waals surface area (Å²) in [5.74, 6) is 0.146. The average molecular weight is 538 g/mol. The SMILES string of the molecule is CC1=NN(c2ccc(Cl)cc2)C(=O)[C@]12Cc1cc(C(F)(F)F)ccc1N1CC[C@@H](Cc3ccccc3)C[C@@H]12. The van der Waals surface area contributed by atoms with Crippen molar-refractivity contribution in [2.75, 3.05) is 16.5 Å². The predicted octanol–water partition coefficient (Wildman–Crippen LogP) is 7.15. The summed E-state index contributed by atoms with van der Waals surface area (Å²) in [7, 11) is 0. The van der Waals surface area contributed by atoms with E-state index in [9.17, 15) is 18.0 Å². The maximum atomic E-state index is 14.3. The topological polar surface area (TPSA) is 35.9 Å². The van der Waals surface area contributed by atoms with E-state index in [2.05, 4.69) is 17.0 Å². The first-order chi connectivity index (χ1) is 18.2. The van der Waals surface area contributed by atoms with Crippen molar-refractivity contribution in [1.82, 2.24) is 0 Å². The highest BCUT2D eigenvalue weighted by Gasteiger charge is 2.60. The second-order valence-corrected chi connectivity index (χ2v) is 11.0. The molecule has 0 unspecified atom stereocenters. The molecule has 0 saturated carbocycles. The number of amides is 1. The van der Waals surface area contributed by atoms with Crippen molar-refractivity contribution >= 4 is 34.6 Å². The summed E-state index contributed by atoms with van der Waals surface area (Å²) in [6.07, 6.45) is -1.73. The molecule has 3 aliphatic heterocycles. The average Bonchev–Trinajstić information content (AvgIpc) is 3.14. The molecule has 0 aliphatic carbocycles. The number of hydrogen-bond donors (Lipinski definition) is 0. The number of alkyl halides is 3. The second-order valence-electron chi connectivity index (χ2n) is 10.6. The van der Waals surface area contributed by atoms with E-state index in [1.54, 1.807) is 30.3 Å². The Morgan fingerprint density at radius 2 is 1.79 bits per heavy atom. The van der Waals surface area contributed by atoms with Gasteiger partial charge in [-0.25, -0.2) is 0 Å². The van der Waals surface area contributed by atoms with Crippen LogP contribution >= 0.6 is 11.6 Å². The molecule has 38 heavy (non-hydrogen) atoms. The quantitative estimate of drug-likeness (QED) is 0.355. The van der Waals surface area contributed by atoms with Crippen molar-refractivity contribution in [1.29, 1.82) is 0 Å². The zero-order valence-corrected chi connectivity index (χ0v) is 21.6. The van der Waals surface area contributed by atoms with Gasteiger partial charge in [0.05, 0.1) is 17.0 Å². The lowest BCUT2D eigenvalue weighted by Gasteiger charge is -2.52. The normalized spacial score (nSPS) is 24.9. The van der Waals surface area contributed by atoms with Gasteiger partial charge in [-0.2, -0.15) is 23.3 Å². The van der Waals surface area contributed by atoms with Crippen molar-refractivity contribution in [3.8, 4) is 0 Å². The van der Waals surface area contributed by atoms with Gasteiger partial charge in [-0.15, -0.1) is 0 Å². The number of rotatable bonds is 3. The van der Waals surface area contributed by atoms with Gasteiger partial charge < -0.3 is 4.90 Å². The standard InChI is InChI=1S/C30H27ClF3N3O/c1-19-29(28(38)37(35-19)25-10-8-24(31)9-11-25)18-22-17-23(30(32,33)34)7-12-26(22)36-14-13-21(16-27(29)36)15-20-5-3-2-4-6-20/h2-12,17,21,27H,13-16,18H2,1H3/t21-,27+,29+/m0/s1. The Kier molecular flexibility index (Phi) is 6.02. The van der Waals surface area contributed by atoms with E-state index in [0.29, 0.717) is 34.4 Å². The summed E-state index contributed by atoms with van der Waals surface area (Å²) in [5.41, 5.74) is 2.06. The van der Waals surface area contributed by atoms with Crippen LogP contribution < -0.4 is 9.91 Å². The molecule has 1 saturated heterocycles. The molecule has 0 N–H and O–H groups in total. The van der Waals surface area contributed by atoms with Crippen LogP contribution in [0.15, 0.2) is 77.9 Å². The van der Waals surface area contributed by atoms with Crippen LogP contribution in [0.5, 0.6) is 0 Å². The molecule has 4 nitrogen and oxygen atoms in total. The lowest BCUT2D eigenvalue weighted by molar-refractivity contribution is -0.137. The van der Waals surface area contributed by atoms with Gasteiger partial charge in [-0.3, -0.25) is 4.79 Å². The fraction of sp³-hybridized carbons (Fsp3) is 0.333. The van der Waals surface area contributed by atoms with Crippen molar-refractivity contribution in [2.24, 2.45) is 16.4 Å². The smallest absolute Gasteiger partial charge is 0.367 e. The summed E-state index contributed by atoms with van der Waals surface area (Å²) in [5, 5.41) is 6.65. The van der Waals surface area contributed by atoms with Crippen LogP contribution in [0.2, 0.25) is 5.02 Å². The van der Waals surface area contributed by atoms with Gasteiger partial charge in [0.25, 0.3) is 5.91 Å². The lowest BCUT2D eigenvalue weighted by atomic mass is 9.63. The Hall–Kier alpha value is -3.32. The first-order valence-electron chi connectivity index (χ1n) is 12.8. The predicted molar refractivity (Wildman–Crippen MR) is 144 cm³/mol. The van der Waals surface area contributed by atoms with E-state index in [1.807, 2.05) is 25.1 Å². The molecule has 196 valence electrons. The minimum atomic E-state index is -4.46. The highest BCUT2D eigenvalue weighted by molar-refractivity contribution is 6.30. The molecular weight excluding hydrogens is 511 g/mol. The number of halogens is 4. The number of piperidine rings is 1.